The molecule has 2 N–H and O–H groups in total. The van der Waals surface area contributed by atoms with Crippen LogP contribution in [-0.2, 0) is 19.1 Å². The first-order valence-corrected chi connectivity index (χ1v) is 12.1. The first-order chi connectivity index (χ1) is 17.0. The van der Waals surface area contributed by atoms with E-state index in [2.05, 4.69) is 10.6 Å². The van der Waals surface area contributed by atoms with E-state index in [0.29, 0.717) is 29.3 Å². The SMILES string of the molecule is COCCNC(=O)CSc1ccccc1C(=O)OC(C)C(=O)Nc1ccccc1-c1ccccc1. The molecule has 3 aromatic carbocycles. The summed E-state index contributed by atoms with van der Waals surface area (Å²) < 4.78 is 10.4. The van der Waals surface area contributed by atoms with Crippen LogP contribution in [0.5, 0.6) is 0 Å². The molecule has 0 aliphatic rings. The summed E-state index contributed by atoms with van der Waals surface area (Å²) in [6, 6.07) is 24.0. The molecule has 182 valence electrons. The normalized spacial score (nSPS) is 11.4. The lowest BCUT2D eigenvalue weighted by Gasteiger charge is -2.16. The second kappa shape index (κ2) is 13.3. The monoisotopic (exact) mass is 492 g/mol. The number of nitrogens with one attached hydrogen (secondary N) is 2. The van der Waals surface area contributed by atoms with Crippen molar-refractivity contribution in [1.82, 2.24) is 5.32 Å². The van der Waals surface area contributed by atoms with Gasteiger partial charge in [-0.3, -0.25) is 9.59 Å². The number of thioether (sulfide) groups is 1. The van der Waals surface area contributed by atoms with Crippen LogP contribution in [0.25, 0.3) is 11.1 Å². The van der Waals surface area contributed by atoms with Gasteiger partial charge in [0.15, 0.2) is 6.10 Å². The molecule has 0 fully saturated rings. The van der Waals surface area contributed by atoms with Crippen molar-refractivity contribution in [1.29, 1.82) is 0 Å². The van der Waals surface area contributed by atoms with Crippen molar-refractivity contribution >= 4 is 35.2 Å². The van der Waals surface area contributed by atoms with Crippen LogP contribution in [0.15, 0.2) is 83.8 Å². The molecule has 0 aliphatic heterocycles. The minimum atomic E-state index is -1.03. The summed E-state index contributed by atoms with van der Waals surface area (Å²) >= 11 is 1.22. The summed E-state index contributed by atoms with van der Waals surface area (Å²) in [5.74, 6) is -1.10. The lowest BCUT2D eigenvalue weighted by molar-refractivity contribution is -0.123. The van der Waals surface area contributed by atoms with Crippen LogP contribution in [0.4, 0.5) is 5.69 Å². The molecular weight excluding hydrogens is 464 g/mol. The van der Waals surface area contributed by atoms with E-state index in [1.165, 1.54) is 18.7 Å². The molecule has 0 radical (unpaired) electrons. The van der Waals surface area contributed by atoms with Gasteiger partial charge in [-0.15, -0.1) is 11.8 Å². The van der Waals surface area contributed by atoms with Crippen LogP contribution in [0.3, 0.4) is 0 Å². The smallest absolute Gasteiger partial charge is 0.340 e. The van der Waals surface area contributed by atoms with Crippen molar-refractivity contribution in [3.63, 3.8) is 0 Å². The van der Waals surface area contributed by atoms with Gasteiger partial charge in [0.2, 0.25) is 5.91 Å². The van der Waals surface area contributed by atoms with Gasteiger partial charge in [-0.05, 0) is 30.7 Å². The fourth-order valence-electron chi connectivity index (χ4n) is 3.22. The van der Waals surface area contributed by atoms with Gasteiger partial charge in [0.25, 0.3) is 5.91 Å². The molecule has 1 atom stereocenters. The second-order valence-corrected chi connectivity index (χ2v) is 8.59. The van der Waals surface area contributed by atoms with Crippen molar-refractivity contribution < 1.29 is 23.9 Å². The molecule has 0 aromatic heterocycles. The topological polar surface area (TPSA) is 93.7 Å². The molecule has 0 heterocycles. The molecule has 0 saturated heterocycles. The lowest BCUT2D eigenvalue weighted by atomic mass is 10.0. The average molecular weight is 493 g/mol. The van der Waals surface area contributed by atoms with Crippen molar-refractivity contribution in [3.05, 3.63) is 84.4 Å². The van der Waals surface area contributed by atoms with E-state index >= 15 is 0 Å². The Morgan fingerprint density at radius 2 is 1.60 bits per heavy atom. The Bertz CT molecular complexity index is 1150. The highest BCUT2D eigenvalue weighted by molar-refractivity contribution is 8.00. The molecule has 7 nitrogen and oxygen atoms in total. The quantitative estimate of drug-likeness (QED) is 0.234. The summed E-state index contributed by atoms with van der Waals surface area (Å²) in [6.07, 6.45) is -1.03. The van der Waals surface area contributed by atoms with E-state index in [9.17, 15) is 14.4 Å². The standard InChI is InChI=1S/C27H28N2O5S/c1-19(26(31)29-23-14-8-6-12-21(23)20-10-4-3-5-11-20)34-27(32)22-13-7-9-15-24(22)35-18-25(30)28-16-17-33-2/h3-15,19H,16-18H2,1-2H3,(H,28,30)(H,29,31). The van der Waals surface area contributed by atoms with Gasteiger partial charge in [0.1, 0.15) is 0 Å². The third kappa shape index (κ3) is 7.70. The van der Waals surface area contributed by atoms with E-state index < -0.39 is 18.0 Å². The zero-order valence-corrected chi connectivity index (χ0v) is 20.5. The molecule has 0 bridgehead atoms. The van der Waals surface area contributed by atoms with Crippen LogP contribution in [-0.4, -0.2) is 49.9 Å². The third-order valence-corrected chi connectivity index (χ3v) is 6.09. The number of carbonyl (C=O) groups is 3. The van der Waals surface area contributed by atoms with Gasteiger partial charge in [-0.1, -0.05) is 60.7 Å². The van der Waals surface area contributed by atoms with Crippen LogP contribution in [0, 0.1) is 0 Å². The van der Waals surface area contributed by atoms with Gasteiger partial charge in [-0.2, -0.15) is 0 Å². The van der Waals surface area contributed by atoms with Crippen molar-refractivity contribution in [2.24, 2.45) is 0 Å². The number of hydrogen-bond acceptors (Lipinski definition) is 6. The summed E-state index contributed by atoms with van der Waals surface area (Å²) in [5, 5.41) is 5.60. The van der Waals surface area contributed by atoms with E-state index in [1.54, 1.807) is 37.4 Å². The number of carbonyl (C=O) groups excluding carboxylic acids is 3. The molecule has 0 spiro atoms. The third-order valence-electron chi connectivity index (χ3n) is 5.02. The molecule has 2 amide bonds. The number of anilines is 1. The molecule has 8 heteroatoms. The average Bonchev–Trinajstić information content (AvgIpc) is 2.88. The van der Waals surface area contributed by atoms with Crippen molar-refractivity contribution in [2.45, 2.75) is 17.9 Å². The second-order valence-electron chi connectivity index (χ2n) is 7.58. The minimum Gasteiger partial charge on any atom is -0.449 e. The summed E-state index contributed by atoms with van der Waals surface area (Å²) in [7, 11) is 1.56. The molecule has 3 aromatic rings. The number of para-hydroxylation sites is 1. The van der Waals surface area contributed by atoms with Gasteiger partial charge in [0.05, 0.1) is 17.9 Å². The molecule has 1 unspecified atom stereocenters. The van der Waals surface area contributed by atoms with Crippen LogP contribution >= 0.6 is 11.8 Å². The maximum Gasteiger partial charge on any atom is 0.340 e. The summed E-state index contributed by atoms with van der Waals surface area (Å²) in [6.45, 7) is 2.37. The molecule has 3 rings (SSSR count). The maximum atomic E-state index is 12.8. The van der Waals surface area contributed by atoms with E-state index in [0.717, 1.165) is 11.1 Å². The zero-order chi connectivity index (χ0) is 25.0. The van der Waals surface area contributed by atoms with Gasteiger partial charge >= 0.3 is 5.97 Å². The van der Waals surface area contributed by atoms with Crippen molar-refractivity contribution in [3.8, 4) is 11.1 Å². The largest absolute Gasteiger partial charge is 0.449 e. The molecular formula is C27H28N2O5S. The Labute approximate surface area is 209 Å². The van der Waals surface area contributed by atoms with E-state index in [-0.39, 0.29) is 11.7 Å². The fourth-order valence-corrected chi connectivity index (χ4v) is 4.09. The first-order valence-electron chi connectivity index (χ1n) is 11.1. The number of amides is 2. The fraction of sp³-hybridized carbons (Fsp3) is 0.222. The highest BCUT2D eigenvalue weighted by atomic mass is 32.2. The zero-order valence-electron chi connectivity index (χ0n) is 19.7. The van der Waals surface area contributed by atoms with Gasteiger partial charge in [-0.25, -0.2) is 4.79 Å². The Hall–Kier alpha value is -3.62. The Morgan fingerprint density at radius 1 is 0.914 bits per heavy atom. The van der Waals surface area contributed by atoms with E-state index in [1.807, 2.05) is 48.5 Å². The predicted molar refractivity (Wildman–Crippen MR) is 137 cm³/mol. The number of methoxy groups -OCH3 is 1. The summed E-state index contributed by atoms with van der Waals surface area (Å²) in [4.78, 5) is 38.3. The Morgan fingerprint density at radius 3 is 2.37 bits per heavy atom. The number of esters is 1. The van der Waals surface area contributed by atoms with Crippen molar-refractivity contribution in [2.75, 3.05) is 31.3 Å². The molecule has 0 aliphatic carbocycles. The Kier molecular flexibility index (Phi) is 9.89. The number of hydrogen-bond donors (Lipinski definition) is 2. The van der Waals surface area contributed by atoms with Gasteiger partial charge < -0.3 is 20.1 Å². The number of benzene rings is 3. The highest BCUT2D eigenvalue weighted by Gasteiger charge is 2.22. The Balaban J connectivity index is 1.62. The van der Waals surface area contributed by atoms with E-state index in [4.69, 9.17) is 9.47 Å². The summed E-state index contributed by atoms with van der Waals surface area (Å²) in [5.41, 5.74) is 2.75. The number of rotatable bonds is 11. The van der Waals surface area contributed by atoms with Gasteiger partial charge in [0, 0.05) is 29.8 Å². The maximum absolute atomic E-state index is 12.8. The lowest BCUT2D eigenvalue weighted by Crippen LogP contribution is -2.30. The van der Waals surface area contributed by atoms with Crippen LogP contribution in [0.2, 0.25) is 0 Å². The predicted octanol–water partition coefficient (Wildman–Crippen LogP) is 4.39. The van der Waals surface area contributed by atoms with Crippen LogP contribution < -0.4 is 10.6 Å². The number of ether oxygens (including phenoxy) is 2. The molecule has 0 saturated carbocycles. The highest BCUT2D eigenvalue weighted by Crippen LogP contribution is 2.28. The molecule has 35 heavy (non-hydrogen) atoms. The minimum absolute atomic E-state index is 0.139. The first kappa shape index (κ1) is 26.0. The van der Waals surface area contributed by atoms with Crippen LogP contribution in [0.1, 0.15) is 17.3 Å².